The third-order valence-electron chi connectivity index (χ3n) is 1.22. The molecule has 0 atom stereocenters. The topological polar surface area (TPSA) is 37.3 Å². The third kappa shape index (κ3) is 4.85. The van der Waals surface area contributed by atoms with Crippen LogP contribution in [0.25, 0.3) is 6.08 Å². The van der Waals surface area contributed by atoms with Crippen LogP contribution in [0.4, 0.5) is 0 Å². The average Bonchev–Trinajstić information content (AvgIpc) is 2.03. The van der Waals surface area contributed by atoms with E-state index < -0.39 is 5.97 Å². The SMILES string of the molecule is O=C(O)C=Cc1ccccc1.[H-].[K+]. The molecule has 12 heavy (non-hydrogen) atoms. The summed E-state index contributed by atoms with van der Waals surface area (Å²) in [5.41, 5.74) is 0.898. The maximum absolute atomic E-state index is 10.1. The van der Waals surface area contributed by atoms with E-state index in [4.69, 9.17) is 5.11 Å². The zero-order chi connectivity index (χ0) is 8.10. The van der Waals surface area contributed by atoms with Crippen LogP contribution in [0.2, 0.25) is 0 Å². The first kappa shape index (κ1) is 12.1. The zero-order valence-corrected chi connectivity index (χ0v) is 10.0. The van der Waals surface area contributed by atoms with E-state index in [0.29, 0.717) is 0 Å². The van der Waals surface area contributed by atoms with E-state index in [1.807, 2.05) is 30.3 Å². The van der Waals surface area contributed by atoms with Gasteiger partial charge in [-0.3, -0.25) is 0 Å². The van der Waals surface area contributed by atoms with Crippen molar-refractivity contribution >= 4 is 12.0 Å². The first-order valence-corrected chi connectivity index (χ1v) is 3.25. The summed E-state index contributed by atoms with van der Waals surface area (Å²) in [7, 11) is 0. The Morgan fingerprint density at radius 2 is 1.92 bits per heavy atom. The van der Waals surface area contributed by atoms with Gasteiger partial charge in [-0.15, -0.1) is 0 Å². The zero-order valence-electron chi connectivity index (χ0n) is 7.90. The van der Waals surface area contributed by atoms with Crippen LogP contribution < -0.4 is 51.4 Å². The van der Waals surface area contributed by atoms with Crippen molar-refractivity contribution in [3.63, 3.8) is 0 Å². The van der Waals surface area contributed by atoms with E-state index in [0.717, 1.165) is 11.6 Å². The second-order valence-electron chi connectivity index (χ2n) is 2.08. The first-order valence-electron chi connectivity index (χ1n) is 3.25. The van der Waals surface area contributed by atoms with Gasteiger partial charge in [-0.25, -0.2) is 4.79 Å². The molecule has 1 aromatic carbocycles. The van der Waals surface area contributed by atoms with Crippen LogP contribution in [-0.4, -0.2) is 11.1 Å². The number of carboxylic acids is 1. The second-order valence-corrected chi connectivity index (χ2v) is 2.08. The molecule has 0 bridgehead atoms. The standard InChI is InChI=1S/C9H8O2.K.H/c10-9(11)7-6-8-4-2-1-3-5-8;;/h1-7H,(H,10,11);;/q;+1;-1. The van der Waals surface area contributed by atoms with E-state index >= 15 is 0 Å². The number of rotatable bonds is 2. The summed E-state index contributed by atoms with van der Waals surface area (Å²) in [4.78, 5) is 10.1. The molecule has 1 aromatic rings. The summed E-state index contributed by atoms with van der Waals surface area (Å²) in [6.07, 6.45) is 2.68. The van der Waals surface area contributed by atoms with Gasteiger partial charge < -0.3 is 6.53 Å². The Labute approximate surface area is 115 Å². The van der Waals surface area contributed by atoms with Gasteiger partial charge >= 0.3 is 57.4 Å². The Hall–Kier alpha value is 0.0664. The Kier molecular flexibility index (Phi) is 6.60. The van der Waals surface area contributed by atoms with Crippen molar-refractivity contribution in [1.29, 1.82) is 0 Å². The predicted octanol–water partition coefficient (Wildman–Crippen LogP) is -1.10. The van der Waals surface area contributed by atoms with Gasteiger partial charge in [-0.2, -0.15) is 0 Å². The fraction of sp³-hybridized carbons (Fsp3) is 0. The minimum absolute atomic E-state index is 0. The van der Waals surface area contributed by atoms with Crippen molar-refractivity contribution in [3.05, 3.63) is 42.0 Å². The van der Waals surface area contributed by atoms with E-state index in [2.05, 4.69) is 0 Å². The van der Waals surface area contributed by atoms with E-state index in [-0.39, 0.29) is 52.8 Å². The van der Waals surface area contributed by atoms with Gasteiger partial charge in [-0.05, 0) is 11.6 Å². The van der Waals surface area contributed by atoms with Gasteiger partial charge in [-0.1, -0.05) is 30.3 Å². The molecule has 1 N–H and O–H groups in total. The molecule has 0 unspecified atom stereocenters. The maximum Gasteiger partial charge on any atom is 1.00 e. The molecule has 0 saturated carbocycles. The summed E-state index contributed by atoms with van der Waals surface area (Å²) >= 11 is 0. The van der Waals surface area contributed by atoms with Gasteiger partial charge in [0.15, 0.2) is 0 Å². The fourth-order valence-corrected chi connectivity index (χ4v) is 0.732. The van der Waals surface area contributed by atoms with E-state index in [9.17, 15) is 4.79 Å². The minimum atomic E-state index is -0.922. The first-order chi connectivity index (χ1) is 5.29. The van der Waals surface area contributed by atoms with Gasteiger partial charge in [0.1, 0.15) is 0 Å². The number of benzene rings is 1. The molecule has 0 aliphatic heterocycles. The minimum Gasteiger partial charge on any atom is -1.00 e. The average molecular weight is 188 g/mol. The number of hydrogen-bond acceptors (Lipinski definition) is 1. The Balaban J connectivity index is 0. The van der Waals surface area contributed by atoms with Crippen LogP contribution in [0.5, 0.6) is 0 Å². The van der Waals surface area contributed by atoms with Gasteiger partial charge in [0.2, 0.25) is 0 Å². The molecular formula is C9H9KO2. The molecule has 0 aromatic heterocycles. The summed E-state index contributed by atoms with van der Waals surface area (Å²) in [5.74, 6) is -0.922. The monoisotopic (exact) mass is 188 g/mol. The van der Waals surface area contributed by atoms with Crippen LogP contribution in [0.3, 0.4) is 0 Å². The molecule has 0 aliphatic rings. The van der Waals surface area contributed by atoms with Crippen LogP contribution in [-0.2, 0) is 4.79 Å². The van der Waals surface area contributed by atoms with Crippen LogP contribution >= 0.6 is 0 Å². The fourth-order valence-electron chi connectivity index (χ4n) is 0.732. The predicted molar refractivity (Wildman–Crippen MR) is 44.2 cm³/mol. The van der Waals surface area contributed by atoms with Crippen LogP contribution in [0, 0.1) is 0 Å². The van der Waals surface area contributed by atoms with Crippen molar-refractivity contribution in [1.82, 2.24) is 0 Å². The van der Waals surface area contributed by atoms with Crippen molar-refractivity contribution in [3.8, 4) is 0 Å². The van der Waals surface area contributed by atoms with E-state index in [1.165, 1.54) is 0 Å². The number of carboxylic acid groups (broad SMARTS) is 1. The Bertz CT molecular complexity index is 272. The molecule has 0 aliphatic carbocycles. The second kappa shape index (κ2) is 6.57. The van der Waals surface area contributed by atoms with Crippen molar-refractivity contribution in [2.45, 2.75) is 0 Å². The van der Waals surface area contributed by atoms with Crippen molar-refractivity contribution < 1.29 is 62.7 Å². The molecule has 0 saturated heterocycles. The van der Waals surface area contributed by atoms with Gasteiger partial charge in [0.25, 0.3) is 0 Å². The van der Waals surface area contributed by atoms with Crippen LogP contribution in [0.15, 0.2) is 36.4 Å². The van der Waals surface area contributed by atoms with Gasteiger partial charge in [0.05, 0.1) is 0 Å². The van der Waals surface area contributed by atoms with Gasteiger partial charge in [0, 0.05) is 6.08 Å². The summed E-state index contributed by atoms with van der Waals surface area (Å²) in [6.45, 7) is 0. The molecule has 0 spiro atoms. The summed E-state index contributed by atoms with van der Waals surface area (Å²) < 4.78 is 0. The molecule has 1 rings (SSSR count). The Morgan fingerprint density at radius 3 is 2.42 bits per heavy atom. The van der Waals surface area contributed by atoms with E-state index in [1.54, 1.807) is 6.08 Å². The number of carbonyl (C=O) groups is 1. The Morgan fingerprint density at radius 1 is 1.33 bits per heavy atom. The molecule has 0 fully saturated rings. The molecule has 3 heteroatoms. The smallest absolute Gasteiger partial charge is 1.00 e. The normalized spacial score (nSPS) is 9.33. The summed E-state index contributed by atoms with van der Waals surface area (Å²) in [5, 5.41) is 8.29. The van der Waals surface area contributed by atoms with Crippen molar-refractivity contribution in [2.24, 2.45) is 0 Å². The summed E-state index contributed by atoms with van der Waals surface area (Å²) in [6, 6.07) is 9.31. The molecule has 0 heterocycles. The molecule has 58 valence electrons. The molecule has 2 nitrogen and oxygen atoms in total. The molecule has 0 radical (unpaired) electrons. The quantitative estimate of drug-likeness (QED) is 0.472. The molecular weight excluding hydrogens is 179 g/mol. The van der Waals surface area contributed by atoms with Crippen molar-refractivity contribution in [2.75, 3.05) is 0 Å². The third-order valence-corrected chi connectivity index (χ3v) is 1.22. The number of hydrogen-bond donors (Lipinski definition) is 1. The molecule has 0 amide bonds. The number of aliphatic carboxylic acids is 1. The largest absolute Gasteiger partial charge is 1.00 e. The maximum atomic E-state index is 10.1. The van der Waals surface area contributed by atoms with Crippen LogP contribution in [0.1, 0.15) is 6.99 Å².